The van der Waals surface area contributed by atoms with Gasteiger partial charge in [0.25, 0.3) is 0 Å². The number of benzene rings is 3. The molecular weight excluding hydrogens is 291 g/mol. The first-order valence-electron chi connectivity index (χ1n) is 6.30. The van der Waals surface area contributed by atoms with Gasteiger partial charge in [0, 0.05) is 0 Å². The van der Waals surface area contributed by atoms with Crippen LogP contribution in [0.2, 0.25) is 5.02 Å². The number of ether oxygens (including phenoxy) is 1. The molecule has 0 spiro atoms. The molecule has 0 aliphatic carbocycles. The van der Waals surface area contributed by atoms with E-state index in [1.807, 2.05) is 30.3 Å². The highest BCUT2D eigenvalue weighted by atomic mass is 35.5. The number of hydrogen-bond donors (Lipinski definition) is 0. The summed E-state index contributed by atoms with van der Waals surface area (Å²) in [5.74, 6) is -0.874. The van der Waals surface area contributed by atoms with Crippen LogP contribution in [0.5, 0.6) is 5.75 Å². The zero-order chi connectivity index (χ0) is 14.8. The molecular formula is C17H10ClFO2. The van der Waals surface area contributed by atoms with Gasteiger partial charge in [-0.05, 0) is 35.0 Å². The number of fused-ring (bicyclic) bond motifs is 1. The normalized spacial score (nSPS) is 10.6. The summed E-state index contributed by atoms with van der Waals surface area (Å²) in [6.07, 6.45) is 0. The van der Waals surface area contributed by atoms with Gasteiger partial charge in [-0.2, -0.15) is 0 Å². The predicted molar refractivity (Wildman–Crippen MR) is 80.3 cm³/mol. The Hall–Kier alpha value is -2.39. The summed E-state index contributed by atoms with van der Waals surface area (Å²) in [4.78, 5) is 12.3. The van der Waals surface area contributed by atoms with Gasteiger partial charge in [0.05, 0.1) is 10.6 Å². The van der Waals surface area contributed by atoms with Crippen LogP contribution in [-0.2, 0) is 0 Å². The number of hydrogen-bond acceptors (Lipinski definition) is 2. The third kappa shape index (κ3) is 2.73. The smallest absolute Gasteiger partial charge is 0.344 e. The zero-order valence-electron chi connectivity index (χ0n) is 10.8. The standard InChI is InChI=1S/C17H10ClFO2/c18-15-10-12(19)8-9-16(15)21-17(20)14-7-3-5-11-4-1-2-6-13(11)14/h1-10H. The topological polar surface area (TPSA) is 26.3 Å². The van der Waals surface area contributed by atoms with Gasteiger partial charge < -0.3 is 4.74 Å². The Bertz CT molecular complexity index is 825. The minimum Gasteiger partial charge on any atom is -0.421 e. The molecule has 3 aromatic rings. The van der Waals surface area contributed by atoms with Crippen LogP contribution < -0.4 is 4.74 Å². The average molecular weight is 301 g/mol. The van der Waals surface area contributed by atoms with Gasteiger partial charge in [-0.1, -0.05) is 48.0 Å². The molecule has 0 aliphatic rings. The molecule has 104 valence electrons. The van der Waals surface area contributed by atoms with Gasteiger partial charge in [0.15, 0.2) is 0 Å². The fourth-order valence-corrected chi connectivity index (χ4v) is 2.32. The lowest BCUT2D eigenvalue weighted by atomic mass is 10.0. The maximum absolute atomic E-state index is 13.0. The lowest BCUT2D eigenvalue weighted by Gasteiger charge is -2.08. The van der Waals surface area contributed by atoms with Crippen molar-refractivity contribution >= 4 is 28.3 Å². The van der Waals surface area contributed by atoms with Crippen LogP contribution in [-0.4, -0.2) is 5.97 Å². The lowest BCUT2D eigenvalue weighted by Crippen LogP contribution is -2.09. The van der Waals surface area contributed by atoms with Gasteiger partial charge in [-0.3, -0.25) is 0 Å². The number of carbonyl (C=O) groups excluding carboxylic acids is 1. The Morgan fingerprint density at radius 2 is 1.76 bits per heavy atom. The van der Waals surface area contributed by atoms with Crippen molar-refractivity contribution in [3.63, 3.8) is 0 Å². The van der Waals surface area contributed by atoms with E-state index >= 15 is 0 Å². The van der Waals surface area contributed by atoms with Crippen molar-refractivity contribution in [1.29, 1.82) is 0 Å². The van der Waals surface area contributed by atoms with Crippen LogP contribution in [0.25, 0.3) is 10.8 Å². The quantitative estimate of drug-likeness (QED) is 0.499. The van der Waals surface area contributed by atoms with Crippen molar-refractivity contribution in [2.45, 2.75) is 0 Å². The minimum absolute atomic E-state index is 0.0589. The van der Waals surface area contributed by atoms with E-state index in [1.165, 1.54) is 12.1 Å². The van der Waals surface area contributed by atoms with E-state index in [1.54, 1.807) is 12.1 Å². The molecule has 0 heterocycles. The summed E-state index contributed by atoms with van der Waals surface area (Å²) < 4.78 is 18.2. The van der Waals surface area contributed by atoms with E-state index in [9.17, 15) is 9.18 Å². The maximum atomic E-state index is 13.0. The monoisotopic (exact) mass is 300 g/mol. The lowest BCUT2D eigenvalue weighted by molar-refractivity contribution is 0.0737. The molecule has 3 aromatic carbocycles. The molecule has 0 saturated heterocycles. The van der Waals surface area contributed by atoms with Crippen LogP contribution in [0.4, 0.5) is 4.39 Å². The molecule has 0 radical (unpaired) electrons. The van der Waals surface area contributed by atoms with Gasteiger partial charge in [-0.15, -0.1) is 0 Å². The third-order valence-corrected chi connectivity index (χ3v) is 3.40. The average Bonchev–Trinajstić information content (AvgIpc) is 2.49. The van der Waals surface area contributed by atoms with Crippen LogP contribution in [0.15, 0.2) is 60.7 Å². The minimum atomic E-state index is -0.527. The summed E-state index contributed by atoms with van der Waals surface area (Å²) in [5.41, 5.74) is 0.438. The fourth-order valence-electron chi connectivity index (χ4n) is 2.12. The Labute approximate surface area is 125 Å². The molecule has 0 amide bonds. The van der Waals surface area contributed by atoms with Gasteiger partial charge in [0.1, 0.15) is 11.6 Å². The molecule has 0 N–H and O–H groups in total. The molecule has 4 heteroatoms. The number of halogens is 2. The Kier molecular flexibility index (Phi) is 3.59. The van der Waals surface area contributed by atoms with E-state index < -0.39 is 11.8 Å². The number of esters is 1. The Balaban J connectivity index is 1.97. The molecule has 0 unspecified atom stereocenters. The second-order valence-electron chi connectivity index (χ2n) is 4.49. The van der Waals surface area contributed by atoms with Crippen molar-refractivity contribution in [2.75, 3.05) is 0 Å². The van der Waals surface area contributed by atoms with E-state index in [2.05, 4.69) is 0 Å². The molecule has 0 bridgehead atoms. The first kappa shape index (κ1) is 13.6. The highest BCUT2D eigenvalue weighted by molar-refractivity contribution is 6.32. The highest BCUT2D eigenvalue weighted by Gasteiger charge is 2.14. The first-order valence-corrected chi connectivity index (χ1v) is 6.68. The van der Waals surface area contributed by atoms with E-state index in [4.69, 9.17) is 16.3 Å². The Morgan fingerprint density at radius 1 is 1.00 bits per heavy atom. The molecule has 0 fully saturated rings. The zero-order valence-corrected chi connectivity index (χ0v) is 11.6. The molecule has 0 saturated carbocycles. The van der Waals surface area contributed by atoms with Crippen molar-refractivity contribution < 1.29 is 13.9 Å². The molecule has 0 aliphatic heterocycles. The van der Waals surface area contributed by atoms with Gasteiger partial charge in [0.2, 0.25) is 0 Å². The van der Waals surface area contributed by atoms with E-state index in [-0.39, 0.29) is 10.8 Å². The molecule has 3 rings (SSSR count). The summed E-state index contributed by atoms with van der Waals surface area (Å²) in [7, 11) is 0. The van der Waals surface area contributed by atoms with Crippen molar-refractivity contribution in [2.24, 2.45) is 0 Å². The predicted octanol–water partition coefficient (Wildman–Crippen LogP) is 4.85. The first-order chi connectivity index (χ1) is 10.1. The molecule has 0 aromatic heterocycles. The fraction of sp³-hybridized carbons (Fsp3) is 0. The van der Waals surface area contributed by atoms with Gasteiger partial charge in [-0.25, -0.2) is 9.18 Å². The highest BCUT2D eigenvalue weighted by Crippen LogP contribution is 2.27. The van der Waals surface area contributed by atoms with Crippen molar-refractivity contribution in [1.82, 2.24) is 0 Å². The van der Waals surface area contributed by atoms with Crippen LogP contribution in [0, 0.1) is 5.82 Å². The van der Waals surface area contributed by atoms with E-state index in [0.717, 1.165) is 16.8 Å². The van der Waals surface area contributed by atoms with Crippen LogP contribution in [0.1, 0.15) is 10.4 Å². The second kappa shape index (κ2) is 5.54. The van der Waals surface area contributed by atoms with Gasteiger partial charge >= 0.3 is 5.97 Å². The second-order valence-corrected chi connectivity index (χ2v) is 4.90. The maximum Gasteiger partial charge on any atom is 0.344 e. The Morgan fingerprint density at radius 3 is 2.57 bits per heavy atom. The largest absolute Gasteiger partial charge is 0.421 e. The number of carbonyl (C=O) groups is 1. The SMILES string of the molecule is O=C(Oc1ccc(F)cc1Cl)c1cccc2ccccc12. The summed E-state index contributed by atoms with van der Waals surface area (Å²) in [6.45, 7) is 0. The molecule has 0 atom stereocenters. The number of rotatable bonds is 2. The summed E-state index contributed by atoms with van der Waals surface area (Å²) >= 11 is 5.86. The van der Waals surface area contributed by atoms with E-state index in [0.29, 0.717) is 5.56 Å². The van der Waals surface area contributed by atoms with Crippen LogP contribution >= 0.6 is 11.6 Å². The van der Waals surface area contributed by atoms with Crippen LogP contribution in [0.3, 0.4) is 0 Å². The molecule has 21 heavy (non-hydrogen) atoms. The third-order valence-electron chi connectivity index (χ3n) is 3.11. The van der Waals surface area contributed by atoms with Crippen molar-refractivity contribution in [3.8, 4) is 5.75 Å². The summed E-state index contributed by atoms with van der Waals surface area (Å²) in [6, 6.07) is 16.5. The molecule has 2 nitrogen and oxygen atoms in total. The summed E-state index contributed by atoms with van der Waals surface area (Å²) in [5, 5.41) is 1.80. The van der Waals surface area contributed by atoms with Crippen molar-refractivity contribution in [3.05, 3.63) is 77.1 Å².